The number of aromatic nitrogens is 2. The van der Waals surface area contributed by atoms with Gasteiger partial charge in [0.05, 0.1) is 17.1 Å². The molecule has 1 N–H and O–H groups in total. The van der Waals surface area contributed by atoms with Crippen LogP contribution in [0, 0.1) is 5.92 Å². The van der Waals surface area contributed by atoms with E-state index in [9.17, 15) is 0 Å². The minimum Gasteiger partial charge on any atom is -0.324 e. The van der Waals surface area contributed by atoms with Crippen LogP contribution in [0.2, 0.25) is 0 Å². The highest BCUT2D eigenvalue weighted by atomic mass is 32.2. The maximum atomic E-state index is 5.26. The van der Waals surface area contributed by atoms with Crippen molar-refractivity contribution < 1.29 is 0 Å². The maximum absolute atomic E-state index is 5.26. The SMILES string of the molecule is C=C(N=C(/C=C/C1=C/C=C/C2(c3ccccc3-c3ccccc32)C2C=CC(C3N=C(c4ccccc4)NC(c4ccccc4)=N3)=CC2SC=C1)c1cccnc1)c1ccccn1. The number of rotatable bonds is 8. The van der Waals surface area contributed by atoms with E-state index in [2.05, 4.69) is 149 Å². The van der Waals surface area contributed by atoms with Crippen molar-refractivity contribution in [3.05, 3.63) is 269 Å². The van der Waals surface area contributed by atoms with E-state index in [1.54, 1.807) is 12.4 Å². The summed E-state index contributed by atoms with van der Waals surface area (Å²) in [7, 11) is 0. The zero-order valence-corrected chi connectivity index (χ0v) is 34.7. The van der Waals surface area contributed by atoms with Gasteiger partial charge in [-0.05, 0) is 75.2 Å². The monoisotopic (exact) mass is 818 g/mol. The molecule has 298 valence electrons. The Kier molecular flexibility index (Phi) is 10.8. The van der Waals surface area contributed by atoms with E-state index in [1.807, 2.05) is 90.8 Å². The molecule has 6 aromatic rings. The van der Waals surface area contributed by atoms with Gasteiger partial charge in [0.1, 0.15) is 11.7 Å². The van der Waals surface area contributed by atoms with E-state index in [0.29, 0.717) is 5.70 Å². The summed E-state index contributed by atoms with van der Waals surface area (Å²) in [5, 5.41) is 5.82. The van der Waals surface area contributed by atoms with Crippen LogP contribution in [0.25, 0.3) is 16.8 Å². The summed E-state index contributed by atoms with van der Waals surface area (Å²) < 4.78 is 0. The number of amidine groups is 2. The second kappa shape index (κ2) is 17.2. The Morgan fingerprint density at radius 2 is 1.40 bits per heavy atom. The fraction of sp³-hybridized carbons (Fsp3) is 0.0727. The fourth-order valence-corrected chi connectivity index (χ4v) is 9.85. The molecule has 2 aliphatic heterocycles. The van der Waals surface area contributed by atoms with Crippen LogP contribution in [0.4, 0.5) is 0 Å². The molecule has 4 aromatic carbocycles. The second-order valence-corrected chi connectivity index (χ2v) is 16.4. The molecule has 0 bridgehead atoms. The Labute approximate surface area is 366 Å². The minimum atomic E-state index is -0.451. The molecule has 4 heterocycles. The molecule has 7 heteroatoms. The quantitative estimate of drug-likeness (QED) is 0.155. The molecule has 4 aliphatic rings. The van der Waals surface area contributed by atoms with Gasteiger partial charge in [-0.15, -0.1) is 11.8 Å². The highest BCUT2D eigenvalue weighted by Gasteiger charge is 2.49. The summed E-state index contributed by atoms with van der Waals surface area (Å²) in [6, 6.07) is 48.1. The van der Waals surface area contributed by atoms with Crippen LogP contribution in [-0.4, -0.2) is 38.8 Å². The number of allylic oxidation sites excluding steroid dienone is 8. The summed E-state index contributed by atoms with van der Waals surface area (Å²) in [5.41, 5.74) is 11.7. The average Bonchev–Trinajstić information content (AvgIpc) is 3.63. The van der Waals surface area contributed by atoms with Gasteiger partial charge < -0.3 is 5.32 Å². The largest absolute Gasteiger partial charge is 0.324 e. The molecule has 0 saturated heterocycles. The summed E-state index contributed by atoms with van der Waals surface area (Å²) in [5.74, 6) is 1.68. The Hall–Kier alpha value is -7.48. The van der Waals surface area contributed by atoms with Crippen molar-refractivity contribution in [2.24, 2.45) is 20.9 Å². The lowest BCUT2D eigenvalue weighted by Gasteiger charge is -2.41. The van der Waals surface area contributed by atoms with Crippen molar-refractivity contribution in [1.29, 1.82) is 0 Å². The van der Waals surface area contributed by atoms with Crippen LogP contribution in [-0.2, 0) is 5.41 Å². The molecule has 0 fully saturated rings. The van der Waals surface area contributed by atoms with E-state index in [4.69, 9.17) is 15.0 Å². The van der Waals surface area contributed by atoms with Crippen LogP contribution in [0.3, 0.4) is 0 Å². The van der Waals surface area contributed by atoms with Crippen molar-refractivity contribution in [3.8, 4) is 11.1 Å². The molecule has 1 spiro atoms. The van der Waals surface area contributed by atoms with Gasteiger partial charge in [-0.2, -0.15) is 0 Å². The third-order valence-electron chi connectivity index (χ3n) is 11.7. The van der Waals surface area contributed by atoms with E-state index in [1.165, 1.54) is 22.3 Å². The summed E-state index contributed by atoms with van der Waals surface area (Å²) in [6.45, 7) is 4.25. The van der Waals surface area contributed by atoms with Crippen LogP contribution in [0.1, 0.15) is 33.5 Å². The second-order valence-electron chi connectivity index (χ2n) is 15.4. The molecule has 2 aromatic heterocycles. The third kappa shape index (κ3) is 7.59. The summed E-state index contributed by atoms with van der Waals surface area (Å²) in [6.07, 6.45) is 25.2. The van der Waals surface area contributed by atoms with Gasteiger partial charge in [0.25, 0.3) is 0 Å². The van der Waals surface area contributed by atoms with Gasteiger partial charge in [0.2, 0.25) is 0 Å². The molecule has 2 aliphatic carbocycles. The predicted molar refractivity (Wildman–Crippen MR) is 257 cm³/mol. The lowest BCUT2D eigenvalue weighted by Crippen LogP contribution is -2.40. The molecule has 0 amide bonds. The number of aliphatic imine (C=N–C) groups is 3. The summed E-state index contributed by atoms with van der Waals surface area (Å²) in [4.78, 5) is 24.3. The average molecular weight is 819 g/mol. The smallest absolute Gasteiger partial charge is 0.169 e. The molecule has 0 saturated carbocycles. The Morgan fingerprint density at radius 3 is 2.06 bits per heavy atom. The van der Waals surface area contributed by atoms with Gasteiger partial charge in [-0.1, -0.05) is 164 Å². The Morgan fingerprint density at radius 1 is 0.726 bits per heavy atom. The Bertz CT molecular complexity index is 2820. The van der Waals surface area contributed by atoms with E-state index in [0.717, 1.165) is 50.9 Å². The molecule has 62 heavy (non-hydrogen) atoms. The number of nitrogens with one attached hydrogen (secondary N) is 1. The van der Waals surface area contributed by atoms with Crippen molar-refractivity contribution in [3.63, 3.8) is 0 Å². The number of benzene rings is 4. The number of fused-ring (bicyclic) bond motifs is 7. The molecule has 6 nitrogen and oxygen atoms in total. The first kappa shape index (κ1) is 38.7. The van der Waals surface area contributed by atoms with Gasteiger partial charge >= 0.3 is 0 Å². The van der Waals surface area contributed by atoms with Crippen LogP contribution in [0.15, 0.2) is 251 Å². The van der Waals surface area contributed by atoms with Crippen LogP contribution in [0.5, 0.6) is 0 Å². The first-order valence-corrected chi connectivity index (χ1v) is 21.7. The lowest BCUT2D eigenvalue weighted by molar-refractivity contribution is 0.478. The van der Waals surface area contributed by atoms with Crippen molar-refractivity contribution in [2.75, 3.05) is 0 Å². The highest BCUT2D eigenvalue weighted by Crippen LogP contribution is 2.57. The number of nitrogens with zero attached hydrogens (tertiary/aromatic N) is 5. The first-order valence-electron chi connectivity index (χ1n) is 20.8. The molecule has 0 radical (unpaired) electrons. The molecule has 2 atom stereocenters. The predicted octanol–water partition coefficient (Wildman–Crippen LogP) is 11.5. The molecule has 10 rings (SSSR count). The topological polar surface area (TPSA) is 74.9 Å². The number of hydrogen-bond acceptors (Lipinski definition) is 7. The van der Waals surface area contributed by atoms with Gasteiger partial charge in [-0.25, -0.2) is 15.0 Å². The maximum Gasteiger partial charge on any atom is 0.169 e. The first-order chi connectivity index (χ1) is 30.6. The van der Waals surface area contributed by atoms with Gasteiger partial charge in [0.15, 0.2) is 6.17 Å². The fourth-order valence-electron chi connectivity index (χ4n) is 8.73. The standard InChI is InChI=1S/C55H42N6S/c1-38(49-26-12-13-34-57-49)58-50(43-21-15-33-56-37-43)30-27-39-16-14-32-55(46-24-10-8-22-44(46)45-23-9-11-25-47(45)55)48-29-28-42(36-51(48)62-35-31-39)54-60-52(40-17-4-2-5-18-40)59-53(61-54)41-19-6-3-7-20-41/h2-37,48,51,54H,1H2,(H,59,60,61)/b30-27+,32-14+,35-31?,39-16-,58-50?. The molecule has 2 unspecified atom stereocenters. The molecular formula is C55H42N6S. The highest BCUT2D eigenvalue weighted by molar-refractivity contribution is 8.02. The van der Waals surface area contributed by atoms with Crippen molar-refractivity contribution >= 4 is 34.8 Å². The lowest BCUT2D eigenvalue weighted by atomic mass is 9.65. The zero-order valence-electron chi connectivity index (χ0n) is 33.9. The van der Waals surface area contributed by atoms with E-state index in [-0.39, 0.29) is 11.2 Å². The van der Waals surface area contributed by atoms with Crippen LogP contribution < -0.4 is 5.32 Å². The van der Waals surface area contributed by atoms with E-state index >= 15 is 0 Å². The minimum absolute atomic E-state index is 0.0355. The number of hydrogen-bond donors (Lipinski definition) is 1. The van der Waals surface area contributed by atoms with Gasteiger partial charge in [-0.3, -0.25) is 9.97 Å². The molecular weight excluding hydrogens is 777 g/mol. The van der Waals surface area contributed by atoms with E-state index < -0.39 is 11.6 Å². The van der Waals surface area contributed by atoms with Gasteiger partial charge in [0, 0.05) is 51.9 Å². The Balaban J connectivity index is 1.08. The normalized spacial score (nSPS) is 20.4. The zero-order chi connectivity index (χ0) is 41.7. The van der Waals surface area contributed by atoms with Crippen molar-refractivity contribution in [2.45, 2.75) is 16.8 Å². The third-order valence-corrected chi connectivity index (χ3v) is 12.7. The number of thioether (sulfide) groups is 1. The van der Waals surface area contributed by atoms with Crippen molar-refractivity contribution in [1.82, 2.24) is 15.3 Å². The van der Waals surface area contributed by atoms with Crippen LogP contribution >= 0.6 is 11.8 Å². The number of pyridine rings is 2. The summed E-state index contributed by atoms with van der Waals surface area (Å²) >= 11 is 1.83.